The predicted molar refractivity (Wildman–Crippen MR) is 145 cm³/mol. The summed E-state index contributed by atoms with van der Waals surface area (Å²) in [6, 6.07) is 4.37. The van der Waals surface area contributed by atoms with Crippen molar-refractivity contribution in [3.05, 3.63) is 45.6 Å². The van der Waals surface area contributed by atoms with E-state index < -0.39 is 37.0 Å². The topological polar surface area (TPSA) is 190 Å². The summed E-state index contributed by atoms with van der Waals surface area (Å²) in [4.78, 5) is 34.8. The number of H-pyrrole nitrogens is 1. The van der Waals surface area contributed by atoms with Crippen LogP contribution in [0.4, 0.5) is 23.8 Å². The van der Waals surface area contributed by atoms with E-state index in [9.17, 15) is 32.7 Å². The predicted octanol–water partition coefficient (Wildman–Crippen LogP) is -0.867. The first kappa shape index (κ1) is 36.1. The Morgan fingerprint density at radius 1 is 1.18 bits per heavy atom. The SMILES string of the molecule is Cn1nc(Br)cc1C(=O)[O-].Cn1nc(CCOC(F)(F)F)cc1C(=O)Nc1cc([C@H]2C[C@@H](OC(=O)NC3(C)CC3)CO2)[nH]n1.[Li+]. The second-order valence-corrected chi connectivity index (χ2v) is 11.2. The maximum absolute atomic E-state index is 12.6. The number of carbonyl (C=O) groups is 3. The van der Waals surface area contributed by atoms with Crippen molar-refractivity contribution in [3.63, 3.8) is 0 Å². The molecule has 15 nitrogen and oxygen atoms in total. The first-order chi connectivity index (χ1) is 20.6. The van der Waals surface area contributed by atoms with Crippen LogP contribution in [0, 0.1) is 0 Å². The summed E-state index contributed by atoms with van der Waals surface area (Å²) in [5, 5.41) is 30.3. The zero-order valence-corrected chi connectivity index (χ0v) is 26.3. The van der Waals surface area contributed by atoms with Crippen molar-refractivity contribution in [2.75, 3.05) is 18.5 Å². The number of aromatic amines is 1. The number of aromatic nitrogens is 6. The monoisotopic (exact) mass is 696 g/mol. The molecule has 0 radical (unpaired) electrons. The van der Waals surface area contributed by atoms with Crippen LogP contribution >= 0.6 is 15.9 Å². The molecule has 2 aliphatic rings. The minimum atomic E-state index is -4.72. The minimum Gasteiger partial charge on any atom is -0.543 e. The van der Waals surface area contributed by atoms with Gasteiger partial charge in [0.05, 0.1) is 36.3 Å². The average Bonchev–Trinajstić information content (AvgIpc) is 3.37. The fraction of sp³-hybridized carbons (Fsp3) is 0.520. The van der Waals surface area contributed by atoms with Gasteiger partial charge in [-0.3, -0.25) is 24.0 Å². The first-order valence-corrected chi connectivity index (χ1v) is 14.0. The molecule has 3 aromatic heterocycles. The van der Waals surface area contributed by atoms with Gasteiger partial charge in [0, 0.05) is 38.5 Å². The maximum atomic E-state index is 12.6. The van der Waals surface area contributed by atoms with Crippen LogP contribution in [0.1, 0.15) is 64.7 Å². The Hall–Kier alpha value is -3.37. The molecule has 1 saturated heterocycles. The molecule has 20 heteroatoms. The number of aromatic carboxylic acids is 1. The number of rotatable bonds is 9. The molecule has 2 fully saturated rings. The van der Waals surface area contributed by atoms with Crippen LogP contribution in [0.3, 0.4) is 0 Å². The van der Waals surface area contributed by atoms with E-state index in [0.717, 1.165) is 12.8 Å². The number of nitrogens with zero attached hydrogens (tertiary/aromatic N) is 5. The van der Waals surface area contributed by atoms with Gasteiger partial charge in [-0.1, -0.05) is 0 Å². The average molecular weight is 697 g/mol. The van der Waals surface area contributed by atoms with Crippen molar-refractivity contribution < 1.29 is 65.7 Å². The number of halogens is 4. The van der Waals surface area contributed by atoms with E-state index in [0.29, 0.717) is 16.7 Å². The van der Waals surface area contributed by atoms with E-state index >= 15 is 0 Å². The Kier molecular flexibility index (Phi) is 11.9. The summed E-state index contributed by atoms with van der Waals surface area (Å²) >= 11 is 3.03. The van der Waals surface area contributed by atoms with E-state index in [-0.39, 0.29) is 66.4 Å². The van der Waals surface area contributed by atoms with Crippen molar-refractivity contribution in [1.29, 1.82) is 0 Å². The number of hydrogen-bond acceptors (Lipinski definition) is 10. The van der Waals surface area contributed by atoms with Crippen LogP contribution in [0.25, 0.3) is 0 Å². The quantitative estimate of drug-likeness (QED) is 0.237. The zero-order valence-electron chi connectivity index (χ0n) is 24.7. The number of hydrogen-bond donors (Lipinski definition) is 3. The van der Waals surface area contributed by atoms with E-state index in [2.05, 4.69) is 51.7 Å². The second-order valence-electron chi connectivity index (χ2n) is 10.4. The molecule has 45 heavy (non-hydrogen) atoms. The van der Waals surface area contributed by atoms with Crippen molar-refractivity contribution >= 4 is 39.7 Å². The van der Waals surface area contributed by atoms with E-state index in [1.807, 2.05) is 6.92 Å². The van der Waals surface area contributed by atoms with Crippen LogP contribution in [0.2, 0.25) is 0 Å². The van der Waals surface area contributed by atoms with Crippen molar-refractivity contribution in [2.24, 2.45) is 14.1 Å². The zero-order chi connectivity index (χ0) is 32.2. The van der Waals surface area contributed by atoms with Gasteiger partial charge in [-0.15, -0.1) is 13.2 Å². The van der Waals surface area contributed by atoms with Gasteiger partial charge in [-0.2, -0.15) is 15.3 Å². The van der Waals surface area contributed by atoms with Crippen molar-refractivity contribution in [1.82, 2.24) is 35.1 Å². The summed E-state index contributed by atoms with van der Waals surface area (Å²) < 4.78 is 54.2. The molecule has 2 atom stereocenters. The van der Waals surface area contributed by atoms with Crippen molar-refractivity contribution in [2.45, 2.75) is 56.7 Å². The molecular formula is C25H29BrF3LiN8O7. The van der Waals surface area contributed by atoms with Crippen LogP contribution in [0.5, 0.6) is 0 Å². The number of amides is 2. The Bertz CT molecular complexity index is 1510. The van der Waals surface area contributed by atoms with Crippen LogP contribution in [-0.2, 0) is 34.7 Å². The number of nitrogens with one attached hydrogen (secondary N) is 3. The number of anilines is 1. The molecule has 1 saturated carbocycles. The van der Waals surface area contributed by atoms with Gasteiger partial charge in [0.25, 0.3) is 5.91 Å². The molecule has 0 spiro atoms. The third-order valence-electron chi connectivity index (χ3n) is 6.67. The number of alkyl carbamates (subject to hydrolysis) is 1. The molecule has 1 aliphatic carbocycles. The third kappa shape index (κ3) is 10.6. The number of carboxylic acid groups (broad SMARTS) is 1. The van der Waals surface area contributed by atoms with E-state index in [4.69, 9.17) is 9.47 Å². The van der Waals surface area contributed by atoms with Gasteiger partial charge in [0.1, 0.15) is 22.5 Å². The normalized spacial score (nSPS) is 18.3. The number of alkyl halides is 3. The smallest absolute Gasteiger partial charge is 0.543 e. The molecule has 3 aromatic rings. The van der Waals surface area contributed by atoms with Gasteiger partial charge in [0.2, 0.25) is 0 Å². The summed E-state index contributed by atoms with van der Waals surface area (Å²) in [6.07, 6.45) is -3.78. The molecule has 3 N–H and O–H groups in total. The standard InChI is InChI=1S/C20H25F3N6O5.C5H5BrN2O2.Li/c1-19(4-5-19)25-18(31)34-12-8-15(32-10-12)13-9-16(27-26-13)24-17(30)14-7-11(28-29(14)2)3-6-33-20(21,22)23;1-8-3(5(9)10)2-4(6)7-8;/h7,9,12,15H,3-6,8,10H2,1-2H3,(H,25,31)(H2,24,26,27,30);2H,1H3,(H,9,10);/q;;+1/p-1/t12-,15-;;/m1../s1. The molecule has 2 amide bonds. The number of carbonyl (C=O) groups excluding carboxylic acids is 3. The second kappa shape index (κ2) is 14.8. The molecule has 5 rings (SSSR count). The summed E-state index contributed by atoms with van der Waals surface area (Å²) in [5.41, 5.74) is 0.924. The van der Waals surface area contributed by atoms with Crippen molar-refractivity contribution in [3.8, 4) is 0 Å². The maximum Gasteiger partial charge on any atom is 1.00 e. The number of carboxylic acids is 1. The van der Waals surface area contributed by atoms with Gasteiger partial charge in [-0.25, -0.2) is 4.79 Å². The molecule has 0 aromatic carbocycles. The van der Waals surface area contributed by atoms with Crippen LogP contribution in [0.15, 0.2) is 22.8 Å². The Morgan fingerprint density at radius 2 is 1.87 bits per heavy atom. The minimum absolute atomic E-state index is 0. The summed E-state index contributed by atoms with van der Waals surface area (Å²) in [7, 11) is 3.04. The molecule has 240 valence electrons. The van der Waals surface area contributed by atoms with Gasteiger partial charge in [0.15, 0.2) is 5.82 Å². The van der Waals surface area contributed by atoms with Gasteiger partial charge >= 0.3 is 31.3 Å². The molecular weight excluding hydrogens is 668 g/mol. The Morgan fingerprint density at radius 3 is 2.44 bits per heavy atom. The van der Waals surface area contributed by atoms with E-state index in [1.54, 1.807) is 6.07 Å². The molecule has 0 bridgehead atoms. The third-order valence-corrected chi connectivity index (χ3v) is 7.06. The summed E-state index contributed by atoms with van der Waals surface area (Å²) in [6.45, 7) is 1.60. The Labute approximate surface area is 274 Å². The number of ether oxygens (including phenoxy) is 3. The first-order valence-electron chi connectivity index (χ1n) is 13.2. The molecule has 1 aliphatic heterocycles. The van der Waals surface area contributed by atoms with Gasteiger partial charge < -0.3 is 30.0 Å². The molecule has 0 unspecified atom stereocenters. The van der Waals surface area contributed by atoms with Gasteiger partial charge in [-0.05, 0) is 47.8 Å². The van der Waals surface area contributed by atoms with Crippen LogP contribution < -0.4 is 34.6 Å². The fourth-order valence-corrected chi connectivity index (χ4v) is 4.59. The largest absolute Gasteiger partial charge is 1.00 e. The molecule has 4 heterocycles. The Balaban J connectivity index is 0.000000429. The van der Waals surface area contributed by atoms with Crippen LogP contribution in [-0.4, -0.2) is 78.9 Å². The summed E-state index contributed by atoms with van der Waals surface area (Å²) in [5.74, 6) is -1.52. The van der Waals surface area contributed by atoms with E-state index in [1.165, 1.54) is 35.6 Å². The fourth-order valence-electron chi connectivity index (χ4n) is 4.14. The number of aryl methyl sites for hydroxylation is 2.